The van der Waals surface area contributed by atoms with Crippen molar-refractivity contribution >= 4 is 46.1 Å². The summed E-state index contributed by atoms with van der Waals surface area (Å²) in [4.78, 5) is 23.4. The predicted octanol–water partition coefficient (Wildman–Crippen LogP) is 7.76. The zero-order valence-electron chi connectivity index (χ0n) is 29.2. The molecule has 0 radical (unpaired) electrons. The van der Waals surface area contributed by atoms with E-state index in [9.17, 15) is 4.79 Å². The van der Waals surface area contributed by atoms with Gasteiger partial charge in [-0.1, -0.05) is 41.4 Å². The standard InChI is InChI=1S/C39H43Cl2N5O5/c1-48-34-21-26(22-35(49-2)36(34)50-3)37(47)45-19-15-39(25-45,27-10-11-30(40)31(41)23-27)14-18-44-16-12-28(13-17-44)42-38-43-32-8-4-5-9-33(32)46(38)24-29-7-6-20-51-29/h4-11,20-23,28H,12-19,24-25H2,1-3H3,(H,42,43). The molecular weight excluding hydrogens is 689 g/mol. The summed E-state index contributed by atoms with van der Waals surface area (Å²) in [6.07, 6.45) is 5.39. The van der Waals surface area contributed by atoms with Crippen molar-refractivity contribution in [3.8, 4) is 17.2 Å². The number of amides is 1. The third-order valence-corrected chi connectivity index (χ3v) is 11.2. The Labute approximate surface area is 308 Å². The molecule has 7 rings (SSSR count). The van der Waals surface area contributed by atoms with Gasteiger partial charge in [-0.2, -0.15) is 0 Å². The zero-order chi connectivity index (χ0) is 35.5. The highest BCUT2D eigenvalue weighted by Gasteiger charge is 2.42. The summed E-state index contributed by atoms with van der Waals surface area (Å²) in [5, 5.41) is 4.80. The van der Waals surface area contributed by atoms with Gasteiger partial charge in [0.25, 0.3) is 5.91 Å². The van der Waals surface area contributed by atoms with Gasteiger partial charge in [-0.15, -0.1) is 0 Å². The largest absolute Gasteiger partial charge is 0.493 e. The lowest BCUT2D eigenvalue weighted by Crippen LogP contribution is -2.42. The van der Waals surface area contributed by atoms with Crippen molar-refractivity contribution in [2.24, 2.45) is 0 Å². The summed E-state index contributed by atoms with van der Waals surface area (Å²) < 4.78 is 24.4. The van der Waals surface area contributed by atoms with E-state index >= 15 is 0 Å². The minimum absolute atomic E-state index is 0.0823. The Morgan fingerprint density at radius 1 is 0.941 bits per heavy atom. The molecule has 2 fully saturated rings. The number of aromatic nitrogens is 2. The van der Waals surface area contributed by atoms with Crippen LogP contribution >= 0.6 is 23.2 Å². The number of hydrogen-bond donors (Lipinski definition) is 1. The van der Waals surface area contributed by atoms with Gasteiger partial charge in [0.1, 0.15) is 5.76 Å². The Morgan fingerprint density at radius 2 is 1.71 bits per heavy atom. The quantitative estimate of drug-likeness (QED) is 0.139. The van der Waals surface area contributed by atoms with Crippen molar-refractivity contribution in [2.75, 3.05) is 59.4 Å². The van der Waals surface area contributed by atoms with Gasteiger partial charge in [0.05, 0.1) is 55.2 Å². The second-order valence-corrected chi connectivity index (χ2v) is 14.2. The number of para-hydroxylation sites is 2. The molecule has 10 nitrogen and oxygen atoms in total. The van der Waals surface area contributed by atoms with E-state index in [1.54, 1.807) is 39.7 Å². The number of furan rings is 1. The molecule has 2 saturated heterocycles. The van der Waals surface area contributed by atoms with Crippen molar-refractivity contribution in [1.82, 2.24) is 19.4 Å². The van der Waals surface area contributed by atoms with Gasteiger partial charge in [-0.3, -0.25) is 4.79 Å². The number of nitrogens with one attached hydrogen (secondary N) is 1. The van der Waals surface area contributed by atoms with Crippen LogP contribution in [0.5, 0.6) is 17.2 Å². The lowest BCUT2D eigenvalue weighted by molar-refractivity contribution is 0.0779. The molecule has 0 spiro atoms. The number of ether oxygens (including phenoxy) is 3. The fraction of sp³-hybridized carbons (Fsp3) is 0.385. The number of fused-ring (bicyclic) bond motifs is 1. The molecule has 3 aromatic carbocycles. The zero-order valence-corrected chi connectivity index (χ0v) is 30.7. The van der Waals surface area contributed by atoms with Gasteiger partial charge in [0.15, 0.2) is 11.5 Å². The predicted molar refractivity (Wildman–Crippen MR) is 200 cm³/mol. The maximum atomic E-state index is 14.0. The van der Waals surface area contributed by atoms with Crippen LogP contribution in [0.15, 0.2) is 77.4 Å². The highest BCUT2D eigenvalue weighted by Crippen LogP contribution is 2.43. The van der Waals surface area contributed by atoms with E-state index in [0.29, 0.717) is 58.5 Å². The van der Waals surface area contributed by atoms with Gasteiger partial charge in [-0.25, -0.2) is 4.98 Å². The maximum Gasteiger partial charge on any atom is 0.254 e. The van der Waals surface area contributed by atoms with Gasteiger partial charge in [-0.05, 0) is 86.3 Å². The number of rotatable bonds is 12. The molecule has 2 aliphatic rings. The molecule has 51 heavy (non-hydrogen) atoms. The molecule has 1 unspecified atom stereocenters. The lowest BCUT2D eigenvalue weighted by atomic mass is 9.76. The number of methoxy groups -OCH3 is 3. The van der Waals surface area contributed by atoms with Gasteiger partial charge < -0.3 is 38.3 Å². The van der Waals surface area contributed by atoms with E-state index in [2.05, 4.69) is 26.9 Å². The van der Waals surface area contributed by atoms with E-state index in [1.165, 1.54) is 0 Å². The summed E-state index contributed by atoms with van der Waals surface area (Å²) in [6, 6.07) is 21.8. The number of imidazole rings is 1. The summed E-state index contributed by atoms with van der Waals surface area (Å²) in [6.45, 7) is 4.61. The van der Waals surface area contributed by atoms with Crippen molar-refractivity contribution in [3.63, 3.8) is 0 Å². The van der Waals surface area contributed by atoms with Gasteiger partial charge in [0.2, 0.25) is 11.7 Å². The molecule has 2 aliphatic heterocycles. The Hall–Kier alpha value is -4.38. The number of benzene rings is 3. The molecule has 0 aliphatic carbocycles. The Kier molecular flexibility index (Phi) is 10.4. The molecule has 5 aromatic rings. The van der Waals surface area contributed by atoms with Crippen LogP contribution in [0, 0.1) is 0 Å². The SMILES string of the molecule is COc1cc(C(=O)N2CCC(CCN3CCC(Nc4nc5ccccc5n4Cc4ccco4)CC3)(c3ccc(Cl)c(Cl)c3)C2)cc(OC)c1OC. The summed E-state index contributed by atoms with van der Waals surface area (Å²) in [5.41, 5.74) is 3.35. The molecule has 268 valence electrons. The van der Waals surface area contributed by atoms with Crippen LogP contribution in [0.25, 0.3) is 11.0 Å². The van der Waals surface area contributed by atoms with Crippen LogP contribution < -0.4 is 19.5 Å². The van der Waals surface area contributed by atoms with Crippen LogP contribution in [0.3, 0.4) is 0 Å². The smallest absolute Gasteiger partial charge is 0.254 e. The normalized spacial score (nSPS) is 18.3. The first-order chi connectivity index (χ1) is 24.8. The highest BCUT2D eigenvalue weighted by molar-refractivity contribution is 6.42. The van der Waals surface area contributed by atoms with Gasteiger partial charge in [0, 0.05) is 43.2 Å². The van der Waals surface area contributed by atoms with Crippen LogP contribution in [0.2, 0.25) is 10.0 Å². The molecule has 1 amide bonds. The first-order valence-corrected chi connectivity index (χ1v) is 18.1. The van der Waals surface area contributed by atoms with E-state index in [0.717, 1.165) is 73.6 Å². The molecule has 1 atom stereocenters. The number of hydrogen-bond acceptors (Lipinski definition) is 8. The van der Waals surface area contributed by atoms with Crippen molar-refractivity contribution in [1.29, 1.82) is 0 Å². The second kappa shape index (κ2) is 15.1. The third-order valence-electron chi connectivity index (χ3n) is 10.5. The molecular formula is C39H43Cl2N5O5. The average Bonchev–Trinajstić information content (AvgIpc) is 3.92. The Morgan fingerprint density at radius 3 is 2.39 bits per heavy atom. The first kappa shape index (κ1) is 35.0. The molecule has 1 N–H and O–H groups in total. The number of nitrogens with zero attached hydrogens (tertiary/aromatic N) is 4. The van der Waals surface area contributed by atoms with Gasteiger partial charge >= 0.3 is 0 Å². The third kappa shape index (κ3) is 7.22. The van der Waals surface area contributed by atoms with Crippen molar-refractivity contribution < 1.29 is 23.4 Å². The molecule has 0 saturated carbocycles. The van der Waals surface area contributed by atoms with Crippen LogP contribution in [-0.2, 0) is 12.0 Å². The van der Waals surface area contributed by atoms with E-state index in [1.807, 2.05) is 47.4 Å². The summed E-state index contributed by atoms with van der Waals surface area (Å²) in [7, 11) is 4.65. The number of halogens is 2. The van der Waals surface area contributed by atoms with E-state index in [-0.39, 0.29) is 11.3 Å². The number of carbonyl (C=O) groups is 1. The van der Waals surface area contributed by atoms with Crippen molar-refractivity contribution in [3.05, 3.63) is 99.9 Å². The Balaban J connectivity index is 1.04. The number of piperidine rings is 1. The highest BCUT2D eigenvalue weighted by atomic mass is 35.5. The summed E-state index contributed by atoms with van der Waals surface area (Å²) >= 11 is 12.9. The first-order valence-electron chi connectivity index (χ1n) is 17.3. The van der Waals surface area contributed by atoms with Crippen LogP contribution in [-0.4, -0.2) is 85.4 Å². The number of likely N-dealkylation sites (tertiary alicyclic amines) is 2. The van der Waals surface area contributed by atoms with E-state index in [4.69, 9.17) is 46.8 Å². The minimum atomic E-state index is -0.281. The fourth-order valence-electron chi connectivity index (χ4n) is 7.60. The number of carbonyl (C=O) groups excluding carboxylic acids is 1. The minimum Gasteiger partial charge on any atom is -0.493 e. The number of anilines is 1. The Bertz CT molecular complexity index is 1970. The topological polar surface area (TPSA) is 94.2 Å². The van der Waals surface area contributed by atoms with E-state index < -0.39 is 0 Å². The maximum absolute atomic E-state index is 14.0. The average molecular weight is 733 g/mol. The second-order valence-electron chi connectivity index (χ2n) is 13.4. The fourth-order valence-corrected chi connectivity index (χ4v) is 7.90. The molecule has 2 aromatic heterocycles. The molecule has 4 heterocycles. The molecule has 0 bridgehead atoms. The van der Waals surface area contributed by atoms with Crippen LogP contribution in [0.1, 0.15) is 47.4 Å². The van der Waals surface area contributed by atoms with Crippen LogP contribution in [0.4, 0.5) is 5.95 Å². The summed E-state index contributed by atoms with van der Waals surface area (Å²) in [5.74, 6) is 3.02. The monoisotopic (exact) mass is 731 g/mol. The molecule has 12 heteroatoms. The van der Waals surface area contributed by atoms with Crippen molar-refractivity contribution in [2.45, 2.75) is 43.7 Å². The lowest BCUT2D eigenvalue weighted by Gasteiger charge is -2.36.